The quantitative estimate of drug-likeness (QED) is 0.737. The van der Waals surface area contributed by atoms with Crippen molar-refractivity contribution < 1.29 is 0 Å². The van der Waals surface area contributed by atoms with Crippen LogP contribution < -0.4 is 15.1 Å². The van der Waals surface area contributed by atoms with Gasteiger partial charge in [-0.05, 0) is 0 Å². The third kappa shape index (κ3) is 2.36. The van der Waals surface area contributed by atoms with Gasteiger partial charge in [-0.25, -0.2) is 9.97 Å². The van der Waals surface area contributed by atoms with E-state index in [-0.39, 0.29) is 0 Å². The molecule has 0 bridgehead atoms. The van der Waals surface area contributed by atoms with Crippen LogP contribution >= 0.6 is 0 Å². The van der Waals surface area contributed by atoms with Gasteiger partial charge in [0.05, 0.1) is 12.4 Å². The molecule has 0 spiro atoms. The summed E-state index contributed by atoms with van der Waals surface area (Å²) in [6.07, 6.45) is 3.66. The van der Waals surface area contributed by atoms with Crippen LogP contribution in [-0.4, -0.2) is 50.2 Å². The zero-order valence-corrected chi connectivity index (χ0v) is 9.27. The van der Waals surface area contributed by atoms with E-state index in [4.69, 9.17) is 0 Å². The number of nitrogens with zero attached hydrogens (tertiary/aromatic N) is 4. The van der Waals surface area contributed by atoms with Crippen molar-refractivity contribution >= 4 is 11.6 Å². The lowest BCUT2D eigenvalue weighted by Gasteiger charge is -2.28. The van der Waals surface area contributed by atoms with Gasteiger partial charge in [0.1, 0.15) is 11.6 Å². The third-order valence-corrected chi connectivity index (χ3v) is 2.52. The van der Waals surface area contributed by atoms with Crippen molar-refractivity contribution in [3.63, 3.8) is 0 Å². The number of aromatic nitrogens is 2. The van der Waals surface area contributed by atoms with Crippen molar-refractivity contribution in [2.45, 2.75) is 0 Å². The van der Waals surface area contributed by atoms with E-state index in [1.807, 2.05) is 31.4 Å². The Labute approximate surface area is 90.1 Å². The maximum absolute atomic E-state index is 4.42. The van der Waals surface area contributed by atoms with Gasteiger partial charge in [-0.2, -0.15) is 0 Å². The van der Waals surface area contributed by atoms with Crippen molar-refractivity contribution in [2.24, 2.45) is 0 Å². The summed E-state index contributed by atoms with van der Waals surface area (Å²) in [5, 5.41) is 3.32. The van der Waals surface area contributed by atoms with Gasteiger partial charge >= 0.3 is 0 Å². The van der Waals surface area contributed by atoms with Crippen LogP contribution in [0.5, 0.6) is 0 Å². The Bertz CT molecular complexity index is 302. The maximum atomic E-state index is 4.42. The van der Waals surface area contributed by atoms with Crippen molar-refractivity contribution in [1.82, 2.24) is 15.3 Å². The predicted octanol–water partition coefficient (Wildman–Crippen LogP) is -0.0478. The summed E-state index contributed by atoms with van der Waals surface area (Å²) in [7, 11) is 3.93. The van der Waals surface area contributed by atoms with Crippen LogP contribution in [0.25, 0.3) is 0 Å². The molecule has 2 heterocycles. The minimum absolute atomic E-state index is 0.897. The van der Waals surface area contributed by atoms with Gasteiger partial charge in [-0.15, -0.1) is 0 Å². The molecule has 82 valence electrons. The Hall–Kier alpha value is -1.36. The SMILES string of the molecule is CN(C)c1cnc(N2CCNCC2)cn1. The highest BCUT2D eigenvalue weighted by Gasteiger charge is 2.11. The van der Waals surface area contributed by atoms with Crippen LogP contribution in [0.2, 0.25) is 0 Å². The van der Waals surface area contributed by atoms with Gasteiger partial charge < -0.3 is 15.1 Å². The maximum Gasteiger partial charge on any atom is 0.147 e. The molecule has 1 aliphatic rings. The number of rotatable bonds is 2. The Morgan fingerprint density at radius 3 is 2.47 bits per heavy atom. The molecule has 0 amide bonds. The van der Waals surface area contributed by atoms with E-state index in [0.717, 1.165) is 37.8 Å². The first kappa shape index (κ1) is 10.2. The van der Waals surface area contributed by atoms with Crippen molar-refractivity contribution in [3.8, 4) is 0 Å². The van der Waals surface area contributed by atoms with Crippen LogP contribution in [0.3, 0.4) is 0 Å². The molecule has 2 rings (SSSR count). The van der Waals surface area contributed by atoms with Crippen LogP contribution in [-0.2, 0) is 0 Å². The van der Waals surface area contributed by atoms with Gasteiger partial charge in [0.25, 0.3) is 0 Å². The van der Waals surface area contributed by atoms with E-state index in [1.165, 1.54) is 0 Å². The van der Waals surface area contributed by atoms with Gasteiger partial charge in [0, 0.05) is 40.3 Å². The second-order valence-electron chi connectivity index (χ2n) is 3.86. The Morgan fingerprint density at radius 2 is 1.93 bits per heavy atom. The number of nitrogens with one attached hydrogen (secondary N) is 1. The second kappa shape index (κ2) is 4.44. The fraction of sp³-hybridized carbons (Fsp3) is 0.600. The van der Waals surface area contributed by atoms with E-state index in [0.29, 0.717) is 0 Å². The molecule has 0 aromatic carbocycles. The largest absolute Gasteiger partial charge is 0.361 e. The zero-order valence-electron chi connectivity index (χ0n) is 9.27. The fourth-order valence-corrected chi connectivity index (χ4v) is 1.60. The molecule has 5 heteroatoms. The molecule has 0 aliphatic carbocycles. The van der Waals surface area contributed by atoms with Crippen LogP contribution in [0, 0.1) is 0 Å². The van der Waals surface area contributed by atoms with E-state index < -0.39 is 0 Å². The lowest BCUT2D eigenvalue weighted by atomic mass is 10.3. The molecule has 0 atom stereocenters. The number of piperazine rings is 1. The Morgan fingerprint density at radius 1 is 1.20 bits per heavy atom. The zero-order chi connectivity index (χ0) is 10.7. The topological polar surface area (TPSA) is 44.3 Å². The molecule has 0 unspecified atom stereocenters. The predicted molar refractivity (Wildman–Crippen MR) is 61.4 cm³/mol. The molecule has 1 N–H and O–H groups in total. The fourth-order valence-electron chi connectivity index (χ4n) is 1.60. The molecular formula is C10H17N5. The van der Waals surface area contributed by atoms with Crippen LogP contribution in [0.4, 0.5) is 11.6 Å². The molecular weight excluding hydrogens is 190 g/mol. The van der Waals surface area contributed by atoms with E-state index in [1.54, 1.807) is 0 Å². The smallest absolute Gasteiger partial charge is 0.147 e. The van der Waals surface area contributed by atoms with Crippen LogP contribution in [0.15, 0.2) is 12.4 Å². The first-order chi connectivity index (χ1) is 7.27. The highest BCUT2D eigenvalue weighted by Crippen LogP contribution is 2.12. The lowest BCUT2D eigenvalue weighted by molar-refractivity contribution is 0.584. The number of hydrogen-bond acceptors (Lipinski definition) is 5. The first-order valence-corrected chi connectivity index (χ1v) is 5.22. The first-order valence-electron chi connectivity index (χ1n) is 5.22. The summed E-state index contributed by atoms with van der Waals surface area (Å²) in [4.78, 5) is 13.0. The molecule has 1 aromatic heterocycles. The molecule has 1 aliphatic heterocycles. The minimum Gasteiger partial charge on any atom is -0.361 e. The normalized spacial score (nSPS) is 16.5. The summed E-state index contributed by atoms with van der Waals surface area (Å²) in [6, 6.07) is 0. The summed E-state index contributed by atoms with van der Waals surface area (Å²) in [6.45, 7) is 4.07. The third-order valence-electron chi connectivity index (χ3n) is 2.52. The second-order valence-corrected chi connectivity index (χ2v) is 3.86. The molecule has 15 heavy (non-hydrogen) atoms. The summed E-state index contributed by atoms with van der Waals surface area (Å²) in [5.41, 5.74) is 0. The van der Waals surface area contributed by atoms with E-state index >= 15 is 0 Å². The average Bonchev–Trinajstić information content (AvgIpc) is 2.30. The average molecular weight is 207 g/mol. The van der Waals surface area contributed by atoms with Gasteiger partial charge in [-0.1, -0.05) is 0 Å². The summed E-state index contributed by atoms with van der Waals surface area (Å²) in [5.74, 6) is 1.87. The highest BCUT2D eigenvalue weighted by atomic mass is 15.2. The molecule has 5 nitrogen and oxygen atoms in total. The van der Waals surface area contributed by atoms with Crippen molar-refractivity contribution in [2.75, 3.05) is 50.1 Å². The van der Waals surface area contributed by atoms with Gasteiger partial charge in [-0.3, -0.25) is 0 Å². The molecule has 1 saturated heterocycles. The van der Waals surface area contributed by atoms with E-state index in [2.05, 4.69) is 20.2 Å². The monoisotopic (exact) mass is 207 g/mol. The van der Waals surface area contributed by atoms with Gasteiger partial charge in [0.15, 0.2) is 0 Å². The van der Waals surface area contributed by atoms with E-state index in [9.17, 15) is 0 Å². The molecule has 1 aromatic rings. The standard InChI is InChI=1S/C10H17N5/c1-14(2)9-7-13-10(8-12-9)15-5-3-11-4-6-15/h7-8,11H,3-6H2,1-2H3. The number of anilines is 2. The van der Waals surface area contributed by atoms with Crippen LogP contribution in [0.1, 0.15) is 0 Å². The minimum atomic E-state index is 0.897. The van der Waals surface area contributed by atoms with Gasteiger partial charge in [0.2, 0.25) is 0 Å². The van der Waals surface area contributed by atoms with Crippen molar-refractivity contribution in [3.05, 3.63) is 12.4 Å². The Kier molecular flexibility index (Phi) is 3.01. The highest BCUT2D eigenvalue weighted by molar-refractivity contribution is 5.42. The van der Waals surface area contributed by atoms with Crippen molar-refractivity contribution in [1.29, 1.82) is 0 Å². The lowest BCUT2D eigenvalue weighted by Crippen LogP contribution is -2.43. The summed E-state index contributed by atoms with van der Waals surface area (Å²) < 4.78 is 0. The molecule has 0 radical (unpaired) electrons. The Balaban J connectivity index is 2.08. The molecule has 0 saturated carbocycles. The molecule has 1 fully saturated rings. The number of hydrogen-bond donors (Lipinski definition) is 1. The summed E-state index contributed by atoms with van der Waals surface area (Å²) >= 11 is 0.